The molecule has 4 fully saturated rings. The van der Waals surface area contributed by atoms with Gasteiger partial charge in [-0.3, -0.25) is 14.9 Å². The van der Waals surface area contributed by atoms with Crippen LogP contribution in [-0.2, 0) is 81.7 Å². The monoisotopic (exact) mass is 1370 g/mol. The van der Waals surface area contributed by atoms with Crippen LogP contribution in [0.4, 0.5) is 4.79 Å². The van der Waals surface area contributed by atoms with E-state index in [0.29, 0.717) is 15.7 Å². The number of allylic oxidation sites excluding steroid dienone is 3. The maximum absolute atomic E-state index is 14.4. The van der Waals surface area contributed by atoms with Crippen molar-refractivity contribution in [1.29, 1.82) is 0 Å². The average molecular weight is 1370 g/mol. The number of Topliss-reactive ketones (excluding diaryl/α,β-unsaturated/α-hetero) is 1. The number of carbonyl (C=O) groups is 3. The van der Waals surface area contributed by atoms with Crippen LogP contribution in [0.15, 0.2) is 35.1 Å². The minimum absolute atomic E-state index is 0.0310. The Balaban J connectivity index is 1.13. The summed E-state index contributed by atoms with van der Waals surface area (Å²) < 4.78 is 79.0. The lowest BCUT2D eigenvalue weighted by Gasteiger charge is -2.46. The first kappa shape index (κ1) is 68.3. The van der Waals surface area contributed by atoms with Gasteiger partial charge < -0.3 is 92.4 Å². The van der Waals surface area contributed by atoms with Crippen LogP contribution in [0.3, 0.4) is 0 Å². The van der Waals surface area contributed by atoms with Gasteiger partial charge in [-0.25, -0.2) is 4.79 Å². The summed E-state index contributed by atoms with van der Waals surface area (Å²) in [5.74, 6) is 10.1. The molecule has 2 aliphatic carbocycles. The zero-order chi connectivity index (χ0) is 61.5. The van der Waals surface area contributed by atoms with Gasteiger partial charge in [0.2, 0.25) is 17.2 Å². The van der Waals surface area contributed by atoms with Crippen LogP contribution in [0.5, 0.6) is 17.2 Å². The second-order valence-electron chi connectivity index (χ2n) is 20.9. The van der Waals surface area contributed by atoms with Gasteiger partial charge >= 0.3 is 6.09 Å². The fourth-order valence-corrected chi connectivity index (χ4v) is 13.4. The topological polar surface area (TPSA) is 296 Å². The van der Waals surface area contributed by atoms with Gasteiger partial charge in [0, 0.05) is 49.9 Å². The summed E-state index contributed by atoms with van der Waals surface area (Å²) >= 11 is 14.0. The summed E-state index contributed by atoms with van der Waals surface area (Å²) in [7, 11) is 4.68. The highest BCUT2D eigenvalue weighted by molar-refractivity contribution is 14.1. The molecule has 0 spiro atoms. The Hall–Kier alpha value is -3.16. The van der Waals surface area contributed by atoms with E-state index in [-0.39, 0.29) is 83.6 Å². The number of amides is 1. The number of likely N-dealkylation sites (N-methyl/N-ethyl adjacent to an activating group) is 1. The number of hydrogen-bond acceptors (Lipinski definition) is 25. The highest BCUT2D eigenvalue weighted by atomic mass is 127. The van der Waals surface area contributed by atoms with Gasteiger partial charge in [-0.1, -0.05) is 55.6 Å². The number of nitrogens with one attached hydrogen (secondary N) is 2. The molecule has 0 saturated carbocycles. The Kier molecular flexibility index (Phi) is 24.3. The largest absolute Gasteiger partial charge is 0.492 e. The molecule has 7 rings (SSSR count). The minimum atomic E-state index is -2.12. The first-order valence-corrected chi connectivity index (χ1v) is 33.1. The lowest BCUT2D eigenvalue weighted by molar-refractivity contribution is -0.337. The average Bonchev–Trinajstić information content (AvgIpc) is 1.23. The van der Waals surface area contributed by atoms with Crippen LogP contribution < -0.4 is 24.8 Å². The third kappa shape index (κ3) is 15.6. The van der Waals surface area contributed by atoms with E-state index in [1.54, 1.807) is 47.1 Å². The normalized spacial score (nSPS) is 36.1. The minimum Gasteiger partial charge on any atom is -0.492 e. The molecule has 1 amide bonds. The fraction of sp³-hybridized carbons (Fsp3) is 0.661. The van der Waals surface area contributed by atoms with E-state index in [2.05, 4.69) is 34.3 Å². The van der Waals surface area contributed by atoms with Crippen molar-refractivity contribution >= 4 is 80.9 Å². The predicted octanol–water partition coefficient (Wildman–Crippen LogP) is 1.99. The Labute approximate surface area is 516 Å². The number of hydrogen-bond donors (Lipinski definition) is 7. The number of aliphatic hydroxyl groups is 5. The first-order valence-electron chi connectivity index (χ1n) is 27.1. The quantitative estimate of drug-likeness (QED) is 0.0726. The third-order valence-electron chi connectivity index (χ3n) is 15.2. The molecule has 6 aliphatic rings. The number of thioether (sulfide) groups is 1. The molecular weight excluding hydrogens is 1290 g/mol. The maximum atomic E-state index is 14.4. The summed E-state index contributed by atoms with van der Waals surface area (Å²) in [4.78, 5) is 41.5. The molecule has 4 aliphatic heterocycles. The first-order chi connectivity index (χ1) is 39.8. The van der Waals surface area contributed by atoms with Crippen molar-refractivity contribution in [3.8, 4) is 40.9 Å². The molecule has 4 saturated heterocycles. The van der Waals surface area contributed by atoms with Crippen molar-refractivity contribution in [2.45, 2.75) is 163 Å². The molecule has 17 unspecified atom stereocenters. The van der Waals surface area contributed by atoms with E-state index >= 15 is 0 Å². The maximum Gasteiger partial charge on any atom is 0.411 e. The zero-order valence-electron chi connectivity index (χ0n) is 48.4. The van der Waals surface area contributed by atoms with E-state index < -0.39 is 134 Å². The van der Waals surface area contributed by atoms with Crippen molar-refractivity contribution in [2.24, 2.45) is 5.92 Å². The third-order valence-corrected chi connectivity index (χ3v) is 19.5. The van der Waals surface area contributed by atoms with E-state index in [0.717, 1.165) is 18.9 Å². The van der Waals surface area contributed by atoms with Gasteiger partial charge in [0.15, 0.2) is 41.8 Å². The van der Waals surface area contributed by atoms with E-state index in [9.17, 15) is 39.9 Å². The number of methoxy groups -OCH3 is 5. The number of aliphatic hydroxyl groups excluding tert-OH is 4. The molecular formula is C56H75IN2O21S4. The number of ether oxygens (including phenoxy) is 13. The molecule has 23 nitrogen and oxygen atoms in total. The second-order valence-corrected chi connectivity index (χ2v) is 30.3. The van der Waals surface area contributed by atoms with Gasteiger partial charge in [0.1, 0.15) is 30.5 Å². The molecule has 0 aromatic heterocycles. The van der Waals surface area contributed by atoms with Gasteiger partial charge in [0.25, 0.3) is 0 Å². The van der Waals surface area contributed by atoms with Gasteiger partial charge in [-0.05, 0) is 103 Å². The van der Waals surface area contributed by atoms with Crippen molar-refractivity contribution in [3.63, 3.8) is 0 Å². The molecule has 28 heteroatoms. The highest BCUT2D eigenvalue weighted by Gasteiger charge is 2.52. The lowest BCUT2D eigenvalue weighted by atomic mass is 9.75. The van der Waals surface area contributed by atoms with Crippen molar-refractivity contribution in [1.82, 2.24) is 10.6 Å². The Morgan fingerprint density at radius 1 is 0.893 bits per heavy atom. The number of rotatable bonds is 20. The van der Waals surface area contributed by atoms with Crippen LogP contribution in [0, 0.1) is 40.1 Å². The highest BCUT2D eigenvalue weighted by Crippen LogP contribution is 2.49. The Morgan fingerprint density at radius 3 is 2.24 bits per heavy atom. The van der Waals surface area contributed by atoms with Gasteiger partial charge in [-0.2, -0.15) is 0 Å². The van der Waals surface area contributed by atoms with E-state index in [4.69, 9.17) is 84.0 Å². The standard InChI is InChI=1S/C56H75IN2O21S4/c1-12-58-32-25-74-38(22-36(32)68-6)79-49-44(63)30(27(3)76-54(49)78-35-17-15-13-14-16-19-56(67)23-34(61)42(59-55(66)72-10)40(35)31(56)18-20-84(11,81)82)24-73-37-21-33(60)51(29(5)75-37)83-52(65)39-26(2)41(57)47(50(71-9)46(39)69-7)80-53-45(64)48(70-8)43(62)28(4)77-53/h13-14,18,27-30,32-33,35-38,43-45,48-49,51,53-54,58,60,62-64,67H,12,20-25H2,1-11H3,(H,59,66)/b14-13-,31-18+/t27?,28?,29?,30?,32?,33?,35-,36?,37?,38?,43?,44?,45?,48?,49?,51?,53?,54?,56-/m0/s1. The Bertz CT molecular complexity index is 2900. The second kappa shape index (κ2) is 29.9. The zero-order valence-corrected chi connectivity index (χ0v) is 53.8. The molecule has 0 radical (unpaired) electrons. The molecule has 4 heterocycles. The van der Waals surface area contributed by atoms with Crippen LogP contribution in [0.2, 0.25) is 0 Å². The summed E-state index contributed by atoms with van der Waals surface area (Å²) in [5, 5.41) is 62.8. The van der Waals surface area contributed by atoms with Crippen LogP contribution in [0.25, 0.3) is 0 Å². The predicted molar refractivity (Wildman–Crippen MR) is 320 cm³/mol. The number of benzene rings is 1. The van der Waals surface area contributed by atoms with Crippen molar-refractivity contribution in [3.05, 3.63) is 49.8 Å². The summed E-state index contributed by atoms with van der Waals surface area (Å²) in [6.07, 6.45) is -11.9. The summed E-state index contributed by atoms with van der Waals surface area (Å²) in [6.45, 7) is 9.27. The number of alkyl carbamates (subject to hydrolysis) is 1. The molecule has 7 N–H and O–H groups in total. The summed E-state index contributed by atoms with van der Waals surface area (Å²) in [5.41, 5.74) is -1.84. The summed E-state index contributed by atoms with van der Waals surface area (Å²) in [6, 6.07) is -0.176. The molecule has 19 atom stereocenters. The molecule has 1 aromatic carbocycles. The number of fused-ring (bicyclic) bond motifs is 2. The van der Waals surface area contributed by atoms with Crippen LogP contribution >= 0.6 is 34.4 Å². The lowest BCUT2D eigenvalue weighted by Crippen LogP contribution is -2.60. The molecule has 466 valence electrons. The molecule has 84 heavy (non-hydrogen) atoms. The molecule has 1 aromatic rings. The Morgan fingerprint density at radius 2 is 1.60 bits per heavy atom. The van der Waals surface area contributed by atoms with Gasteiger partial charge in [0.05, 0.1) is 104 Å². The van der Waals surface area contributed by atoms with Crippen LogP contribution in [-0.4, -0.2) is 219 Å². The fourth-order valence-electron chi connectivity index (χ4n) is 10.8. The number of carbonyl (C=O) groups excluding carboxylic acids is 3. The van der Waals surface area contributed by atoms with Gasteiger partial charge in [-0.15, -0.1) is 0 Å². The van der Waals surface area contributed by atoms with Crippen molar-refractivity contribution in [2.75, 3.05) is 67.3 Å². The smallest absolute Gasteiger partial charge is 0.411 e. The number of halogens is 1. The molecule has 2 bridgehead atoms. The van der Waals surface area contributed by atoms with E-state index in [1.165, 1.54) is 33.5 Å². The SMILES string of the molecule is CCNC1COC(OC2C(O[C@H]3C#C/C=C\C#C[C@]4(O)CC(=O)C(NC(=O)OC)=C3/C4=C\CS(C)(=S)=S)OC(C)C(COC3CC(O)C(SC(=O)c4c(C)c(I)c(OC5OC(C)C(O)C(OC)C5O)c(OC)c4OC)C(C)O3)C2O)CC1OC. The number of ketones is 1. The van der Waals surface area contributed by atoms with E-state index in [1.807, 2.05) is 29.5 Å². The van der Waals surface area contributed by atoms with Crippen LogP contribution in [0.1, 0.15) is 62.9 Å². The van der Waals surface area contributed by atoms with Crippen molar-refractivity contribution < 1.29 is 101 Å².